The standard InChI is InChI=1S/C25H33F4N5O2/c26-24(27)5-1-16(2-6-24)22(30)19-14-34-20(32-19)10-18(13-31-34)23(17-3-7-36-8-4-17)33-21(35)9-15-11-25(28,29)12-15/h10,13-17,22-23H,1-9,11-12,30H2,(H,33,35)/t22-,23?/m0/s1. The Bertz CT molecular complexity index is 1070. The van der Waals surface area contributed by atoms with E-state index in [0.717, 1.165) is 18.4 Å². The van der Waals surface area contributed by atoms with Gasteiger partial charge >= 0.3 is 0 Å². The maximum absolute atomic E-state index is 13.6. The lowest BCUT2D eigenvalue weighted by Crippen LogP contribution is -2.41. The van der Waals surface area contributed by atoms with Crippen molar-refractivity contribution in [3.05, 3.63) is 29.7 Å². The Hall–Kier alpha value is -2.27. The van der Waals surface area contributed by atoms with Crippen molar-refractivity contribution in [3.63, 3.8) is 0 Å². The minimum Gasteiger partial charge on any atom is -0.381 e. The van der Waals surface area contributed by atoms with E-state index in [9.17, 15) is 22.4 Å². The molecule has 3 fully saturated rings. The molecule has 3 N–H and O–H groups in total. The van der Waals surface area contributed by atoms with Crippen molar-refractivity contribution in [2.45, 2.75) is 81.7 Å². The van der Waals surface area contributed by atoms with Crippen molar-refractivity contribution < 1.29 is 27.1 Å². The molecular formula is C25H33F4N5O2. The molecule has 3 aliphatic rings. The average molecular weight is 512 g/mol. The number of rotatable bonds is 7. The van der Waals surface area contributed by atoms with Gasteiger partial charge in [-0.05, 0) is 55.1 Å². The summed E-state index contributed by atoms with van der Waals surface area (Å²) in [5.74, 6) is -5.76. The van der Waals surface area contributed by atoms with Crippen molar-refractivity contribution in [3.8, 4) is 0 Å². The van der Waals surface area contributed by atoms with Gasteiger partial charge in [0.05, 0.1) is 30.2 Å². The van der Waals surface area contributed by atoms with Gasteiger partial charge in [0, 0.05) is 45.3 Å². The lowest BCUT2D eigenvalue weighted by atomic mass is 9.79. The van der Waals surface area contributed by atoms with Crippen LogP contribution in [-0.2, 0) is 9.53 Å². The fraction of sp³-hybridized carbons (Fsp3) is 0.720. The number of nitrogens with one attached hydrogen (secondary N) is 1. The van der Waals surface area contributed by atoms with Crippen LogP contribution in [0.3, 0.4) is 0 Å². The number of hydrogen-bond acceptors (Lipinski definition) is 5. The molecule has 0 spiro atoms. The summed E-state index contributed by atoms with van der Waals surface area (Å²) < 4.78 is 60.6. The van der Waals surface area contributed by atoms with Crippen LogP contribution < -0.4 is 11.1 Å². The van der Waals surface area contributed by atoms with Crippen LogP contribution in [0.1, 0.15) is 81.1 Å². The van der Waals surface area contributed by atoms with Gasteiger partial charge in [0.1, 0.15) is 0 Å². The molecule has 11 heteroatoms. The molecule has 2 aromatic rings. The van der Waals surface area contributed by atoms with Gasteiger partial charge in [-0.15, -0.1) is 0 Å². The lowest BCUT2D eigenvalue weighted by Gasteiger charge is -2.35. The Morgan fingerprint density at radius 3 is 2.47 bits per heavy atom. The normalized spacial score (nSPS) is 24.8. The van der Waals surface area contributed by atoms with Gasteiger partial charge in [-0.2, -0.15) is 5.10 Å². The smallest absolute Gasteiger partial charge is 0.248 e. The molecule has 1 aliphatic heterocycles. The molecule has 2 aliphatic carbocycles. The van der Waals surface area contributed by atoms with Crippen molar-refractivity contribution >= 4 is 11.6 Å². The van der Waals surface area contributed by atoms with E-state index in [2.05, 4.69) is 15.4 Å². The van der Waals surface area contributed by atoms with Gasteiger partial charge in [0.25, 0.3) is 0 Å². The fourth-order valence-corrected chi connectivity index (χ4v) is 5.85. The van der Waals surface area contributed by atoms with Crippen LogP contribution in [-0.4, -0.2) is 45.6 Å². The lowest BCUT2D eigenvalue weighted by molar-refractivity contribution is -0.134. The first-order chi connectivity index (χ1) is 17.1. The first-order valence-electron chi connectivity index (χ1n) is 12.8. The quantitative estimate of drug-likeness (QED) is 0.531. The third-order valence-electron chi connectivity index (χ3n) is 8.03. The summed E-state index contributed by atoms with van der Waals surface area (Å²) in [5, 5.41) is 7.55. The highest BCUT2D eigenvalue weighted by atomic mass is 19.3. The Morgan fingerprint density at radius 1 is 1.11 bits per heavy atom. The third-order valence-corrected chi connectivity index (χ3v) is 8.03. The highest BCUT2D eigenvalue weighted by Crippen LogP contribution is 2.44. The predicted octanol–water partition coefficient (Wildman–Crippen LogP) is 4.57. The van der Waals surface area contributed by atoms with E-state index in [1.807, 2.05) is 6.07 Å². The van der Waals surface area contributed by atoms with Gasteiger partial charge in [0.15, 0.2) is 5.65 Å². The second-order valence-electron chi connectivity index (χ2n) is 10.8. The Labute approximate surface area is 207 Å². The molecule has 2 atom stereocenters. The zero-order valence-corrected chi connectivity index (χ0v) is 20.1. The van der Waals surface area contributed by atoms with Gasteiger partial charge in [0.2, 0.25) is 17.8 Å². The minimum atomic E-state index is -2.66. The summed E-state index contributed by atoms with van der Waals surface area (Å²) in [4.78, 5) is 17.4. The molecule has 198 valence electrons. The number of nitrogens with two attached hydrogens (primary N) is 1. The molecule has 2 aromatic heterocycles. The van der Waals surface area contributed by atoms with Crippen LogP contribution >= 0.6 is 0 Å². The van der Waals surface area contributed by atoms with E-state index in [1.165, 1.54) is 0 Å². The minimum absolute atomic E-state index is 0.0674. The predicted molar refractivity (Wildman–Crippen MR) is 124 cm³/mol. The SMILES string of the molecule is N[C@H](c1cn2ncc(C(NC(=O)CC3CC(F)(F)C3)C3CCOCC3)cc2n1)C1CCC(F)(F)CC1. The van der Waals surface area contributed by atoms with E-state index in [1.54, 1.807) is 16.9 Å². The molecule has 3 heterocycles. The van der Waals surface area contributed by atoms with Crippen LogP contribution in [0.25, 0.3) is 5.65 Å². The molecule has 5 rings (SSSR count). The topological polar surface area (TPSA) is 94.5 Å². The highest BCUT2D eigenvalue weighted by molar-refractivity contribution is 5.77. The molecule has 7 nitrogen and oxygen atoms in total. The number of fused-ring (bicyclic) bond motifs is 1. The number of aromatic nitrogens is 3. The average Bonchev–Trinajstić information content (AvgIpc) is 3.25. The number of ether oxygens (including phenoxy) is 1. The fourth-order valence-electron chi connectivity index (χ4n) is 5.85. The number of carbonyl (C=O) groups excluding carboxylic acids is 1. The molecule has 1 saturated heterocycles. The Morgan fingerprint density at radius 2 is 1.81 bits per heavy atom. The Kier molecular flexibility index (Phi) is 6.97. The van der Waals surface area contributed by atoms with Crippen molar-refractivity contribution in [1.82, 2.24) is 19.9 Å². The Balaban J connectivity index is 1.32. The summed E-state index contributed by atoms with van der Waals surface area (Å²) in [6.45, 7) is 1.18. The van der Waals surface area contributed by atoms with Crippen molar-refractivity contribution in [2.75, 3.05) is 13.2 Å². The summed E-state index contributed by atoms with van der Waals surface area (Å²) in [7, 11) is 0. The summed E-state index contributed by atoms with van der Waals surface area (Å²) in [6, 6.07) is 1.06. The molecule has 1 unspecified atom stereocenters. The largest absolute Gasteiger partial charge is 0.381 e. The van der Waals surface area contributed by atoms with Gasteiger partial charge in [-0.1, -0.05) is 0 Å². The van der Waals surface area contributed by atoms with Crippen LogP contribution in [0.5, 0.6) is 0 Å². The van der Waals surface area contributed by atoms with E-state index in [0.29, 0.717) is 37.4 Å². The second-order valence-corrected chi connectivity index (χ2v) is 10.8. The number of nitrogens with zero attached hydrogens (tertiary/aromatic N) is 3. The zero-order valence-electron chi connectivity index (χ0n) is 20.1. The summed E-state index contributed by atoms with van der Waals surface area (Å²) in [6.07, 6.45) is 4.90. The van der Waals surface area contributed by atoms with Gasteiger partial charge in [-0.25, -0.2) is 27.1 Å². The van der Waals surface area contributed by atoms with Crippen molar-refractivity contribution in [2.24, 2.45) is 23.5 Å². The summed E-state index contributed by atoms with van der Waals surface area (Å²) >= 11 is 0. The molecule has 1 amide bonds. The molecule has 0 radical (unpaired) electrons. The number of amides is 1. The maximum atomic E-state index is 13.6. The summed E-state index contributed by atoms with van der Waals surface area (Å²) in [5.41, 5.74) is 8.36. The number of hydrogen-bond donors (Lipinski definition) is 2. The van der Waals surface area contributed by atoms with E-state index in [-0.39, 0.29) is 61.8 Å². The molecular weight excluding hydrogens is 478 g/mol. The van der Waals surface area contributed by atoms with Crippen molar-refractivity contribution in [1.29, 1.82) is 0 Å². The zero-order chi connectivity index (χ0) is 25.5. The monoisotopic (exact) mass is 511 g/mol. The third kappa shape index (κ3) is 5.66. The number of alkyl halides is 4. The first kappa shape index (κ1) is 25.4. The van der Waals surface area contributed by atoms with E-state index < -0.39 is 17.9 Å². The van der Waals surface area contributed by atoms with Crippen LogP contribution in [0.15, 0.2) is 18.5 Å². The molecule has 0 bridgehead atoms. The maximum Gasteiger partial charge on any atom is 0.248 e. The van der Waals surface area contributed by atoms with Gasteiger partial charge in [-0.3, -0.25) is 4.79 Å². The molecule has 36 heavy (non-hydrogen) atoms. The van der Waals surface area contributed by atoms with Crippen LogP contribution in [0, 0.1) is 17.8 Å². The van der Waals surface area contributed by atoms with Crippen LogP contribution in [0.2, 0.25) is 0 Å². The number of halogens is 4. The molecule has 2 saturated carbocycles. The highest BCUT2D eigenvalue weighted by Gasteiger charge is 2.46. The molecule has 0 aromatic carbocycles. The number of carbonyl (C=O) groups is 1. The first-order valence-corrected chi connectivity index (χ1v) is 12.8. The number of imidazole rings is 1. The van der Waals surface area contributed by atoms with Crippen LogP contribution in [0.4, 0.5) is 17.6 Å². The van der Waals surface area contributed by atoms with E-state index in [4.69, 9.17) is 10.5 Å². The van der Waals surface area contributed by atoms with E-state index >= 15 is 0 Å². The van der Waals surface area contributed by atoms with Gasteiger partial charge < -0.3 is 15.8 Å². The second kappa shape index (κ2) is 9.89.